The van der Waals surface area contributed by atoms with Crippen LogP contribution < -0.4 is 0 Å². The molecular weight excluding hydrogens is 208 g/mol. The molecule has 0 aromatic carbocycles. The van der Waals surface area contributed by atoms with Gasteiger partial charge in [0.25, 0.3) is 0 Å². The smallest absolute Gasteiger partial charge is 0.142 e. The second kappa shape index (κ2) is 14.6. The number of carbonyl (C=O) groups excluding carboxylic acids is 1. The van der Waals surface area contributed by atoms with Crippen molar-refractivity contribution in [2.24, 2.45) is 0 Å². The Morgan fingerprint density at radius 1 is 0.765 bits per heavy atom. The normalized spacial score (nSPS) is 12.5. The molecule has 0 fully saturated rings. The van der Waals surface area contributed by atoms with Gasteiger partial charge in [-0.2, -0.15) is 0 Å². The van der Waals surface area contributed by atoms with Gasteiger partial charge in [0.2, 0.25) is 0 Å². The van der Waals surface area contributed by atoms with Gasteiger partial charge >= 0.3 is 0 Å². The van der Waals surface area contributed by atoms with E-state index in [2.05, 4.69) is 24.3 Å². The summed E-state index contributed by atoms with van der Waals surface area (Å²) >= 11 is 0. The fourth-order valence-corrected chi connectivity index (χ4v) is 1.41. The summed E-state index contributed by atoms with van der Waals surface area (Å²) in [7, 11) is 0. The zero-order chi connectivity index (χ0) is 12.6. The van der Waals surface area contributed by atoms with Crippen molar-refractivity contribution in [3.8, 4) is 0 Å². The van der Waals surface area contributed by atoms with Crippen LogP contribution in [0.1, 0.15) is 45.4 Å². The predicted octanol–water partition coefficient (Wildman–Crippen LogP) is 4.77. The van der Waals surface area contributed by atoms with Gasteiger partial charge in [0.15, 0.2) is 0 Å². The van der Waals surface area contributed by atoms with Gasteiger partial charge in [-0.1, -0.05) is 49.0 Å². The SMILES string of the molecule is CC=CC=CCC=CCCCCCC=CC=O. The molecule has 0 unspecified atom stereocenters. The molecule has 94 valence electrons. The van der Waals surface area contributed by atoms with Gasteiger partial charge in [-0.05, 0) is 45.1 Å². The third-order valence-electron chi connectivity index (χ3n) is 2.33. The van der Waals surface area contributed by atoms with Crippen molar-refractivity contribution in [3.05, 3.63) is 48.6 Å². The number of carbonyl (C=O) groups is 1. The van der Waals surface area contributed by atoms with Crippen LogP contribution in [0.5, 0.6) is 0 Å². The fourth-order valence-electron chi connectivity index (χ4n) is 1.41. The Morgan fingerprint density at radius 3 is 2.24 bits per heavy atom. The highest BCUT2D eigenvalue weighted by atomic mass is 16.1. The quantitative estimate of drug-likeness (QED) is 0.174. The highest BCUT2D eigenvalue weighted by molar-refractivity contribution is 5.64. The van der Waals surface area contributed by atoms with E-state index in [1.165, 1.54) is 19.3 Å². The van der Waals surface area contributed by atoms with Crippen molar-refractivity contribution in [2.45, 2.75) is 45.4 Å². The lowest BCUT2D eigenvalue weighted by atomic mass is 10.1. The lowest BCUT2D eigenvalue weighted by molar-refractivity contribution is -0.104. The second-order valence-corrected chi connectivity index (χ2v) is 3.86. The number of rotatable bonds is 10. The lowest BCUT2D eigenvalue weighted by Crippen LogP contribution is -1.75. The summed E-state index contributed by atoms with van der Waals surface area (Å²) in [6.45, 7) is 2.02. The molecule has 0 aliphatic carbocycles. The van der Waals surface area contributed by atoms with Crippen LogP contribution in [0.4, 0.5) is 0 Å². The Balaban J connectivity index is 3.24. The maximum absolute atomic E-state index is 10.0. The highest BCUT2D eigenvalue weighted by Crippen LogP contribution is 2.04. The Bertz CT molecular complexity index is 269. The van der Waals surface area contributed by atoms with Crippen molar-refractivity contribution in [3.63, 3.8) is 0 Å². The average molecular weight is 232 g/mol. The topological polar surface area (TPSA) is 17.1 Å². The van der Waals surface area contributed by atoms with E-state index in [9.17, 15) is 4.79 Å². The van der Waals surface area contributed by atoms with Crippen LogP contribution in [-0.4, -0.2) is 6.29 Å². The first-order valence-electron chi connectivity index (χ1n) is 6.45. The molecule has 0 N–H and O–H groups in total. The predicted molar refractivity (Wildman–Crippen MR) is 76.0 cm³/mol. The maximum atomic E-state index is 10.0. The van der Waals surface area contributed by atoms with Crippen LogP contribution in [0, 0.1) is 0 Å². The first-order valence-corrected chi connectivity index (χ1v) is 6.45. The van der Waals surface area contributed by atoms with E-state index >= 15 is 0 Å². The summed E-state index contributed by atoms with van der Waals surface area (Å²) < 4.78 is 0. The Labute approximate surface area is 106 Å². The zero-order valence-electron chi connectivity index (χ0n) is 10.8. The second-order valence-electron chi connectivity index (χ2n) is 3.86. The van der Waals surface area contributed by atoms with Gasteiger partial charge in [-0.15, -0.1) is 0 Å². The van der Waals surface area contributed by atoms with Crippen molar-refractivity contribution < 1.29 is 4.79 Å². The van der Waals surface area contributed by atoms with E-state index in [4.69, 9.17) is 0 Å². The molecule has 0 amide bonds. The minimum absolute atomic E-state index is 0.837. The molecule has 1 heteroatoms. The van der Waals surface area contributed by atoms with Crippen molar-refractivity contribution in [1.29, 1.82) is 0 Å². The summed E-state index contributed by atoms with van der Waals surface area (Å²) in [5, 5.41) is 0. The van der Waals surface area contributed by atoms with Crippen molar-refractivity contribution in [2.75, 3.05) is 0 Å². The largest absolute Gasteiger partial charge is 0.299 e. The molecule has 1 nitrogen and oxygen atoms in total. The van der Waals surface area contributed by atoms with Gasteiger partial charge in [-0.25, -0.2) is 0 Å². The van der Waals surface area contributed by atoms with Gasteiger partial charge < -0.3 is 0 Å². The molecule has 0 saturated carbocycles. The molecule has 0 radical (unpaired) electrons. The van der Waals surface area contributed by atoms with E-state index in [0.717, 1.165) is 25.5 Å². The minimum Gasteiger partial charge on any atom is -0.299 e. The minimum atomic E-state index is 0.837. The standard InChI is InChI=1S/C16H24O/c1-2-3-4-5-6-7-8-9-10-11-12-13-14-15-16-17/h2-5,7-8,14-16H,6,9-13H2,1H3. The maximum Gasteiger partial charge on any atom is 0.142 e. The monoisotopic (exact) mass is 232 g/mol. The molecule has 0 atom stereocenters. The summed E-state index contributed by atoms with van der Waals surface area (Å²) in [6, 6.07) is 0. The van der Waals surface area contributed by atoms with Crippen molar-refractivity contribution in [1.82, 2.24) is 0 Å². The Morgan fingerprint density at radius 2 is 1.53 bits per heavy atom. The third-order valence-corrected chi connectivity index (χ3v) is 2.33. The summed E-state index contributed by atoms with van der Waals surface area (Å²) in [6.07, 6.45) is 24.0. The van der Waals surface area contributed by atoms with Crippen LogP contribution in [0.25, 0.3) is 0 Å². The molecule has 0 aliphatic rings. The molecule has 0 spiro atoms. The molecule has 0 saturated heterocycles. The van der Waals surface area contributed by atoms with Gasteiger partial charge in [0.05, 0.1) is 0 Å². The van der Waals surface area contributed by atoms with Crippen molar-refractivity contribution >= 4 is 6.29 Å². The van der Waals surface area contributed by atoms with E-state index in [1.807, 2.05) is 25.2 Å². The van der Waals surface area contributed by atoms with Gasteiger partial charge in [-0.3, -0.25) is 4.79 Å². The Kier molecular flexibility index (Phi) is 13.5. The summed E-state index contributed by atoms with van der Waals surface area (Å²) in [5.74, 6) is 0. The van der Waals surface area contributed by atoms with Crippen LogP contribution in [0.15, 0.2) is 48.6 Å². The number of allylic oxidation sites excluding steroid dienone is 8. The first-order chi connectivity index (χ1) is 8.41. The zero-order valence-corrected chi connectivity index (χ0v) is 10.8. The van der Waals surface area contributed by atoms with E-state index in [-0.39, 0.29) is 0 Å². The highest BCUT2D eigenvalue weighted by Gasteiger charge is 1.85. The van der Waals surface area contributed by atoms with E-state index in [1.54, 1.807) is 6.08 Å². The molecule has 0 aromatic heterocycles. The molecule has 0 rings (SSSR count). The molecule has 0 heterocycles. The third kappa shape index (κ3) is 14.6. The molecule has 0 aliphatic heterocycles. The van der Waals surface area contributed by atoms with Gasteiger partial charge in [0.1, 0.15) is 6.29 Å². The van der Waals surface area contributed by atoms with E-state index in [0.29, 0.717) is 0 Å². The number of hydrogen-bond acceptors (Lipinski definition) is 1. The summed E-state index contributed by atoms with van der Waals surface area (Å²) in [5.41, 5.74) is 0. The Hall–Kier alpha value is -1.37. The summed E-state index contributed by atoms with van der Waals surface area (Å²) in [4.78, 5) is 10.0. The van der Waals surface area contributed by atoms with E-state index < -0.39 is 0 Å². The fraction of sp³-hybridized carbons (Fsp3) is 0.438. The molecular formula is C16H24O. The molecule has 17 heavy (non-hydrogen) atoms. The van der Waals surface area contributed by atoms with Crippen LogP contribution in [0.3, 0.4) is 0 Å². The lowest BCUT2D eigenvalue weighted by Gasteiger charge is -1.94. The van der Waals surface area contributed by atoms with Gasteiger partial charge in [0, 0.05) is 0 Å². The van der Waals surface area contributed by atoms with Crippen LogP contribution >= 0.6 is 0 Å². The van der Waals surface area contributed by atoms with Crippen LogP contribution in [0.2, 0.25) is 0 Å². The molecule has 0 aromatic rings. The number of hydrogen-bond donors (Lipinski definition) is 0. The number of unbranched alkanes of at least 4 members (excludes halogenated alkanes) is 4. The molecule has 0 bridgehead atoms. The average Bonchev–Trinajstić information content (AvgIpc) is 2.35. The van der Waals surface area contributed by atoms with Crippen LogP contribution in [-0.2, 0) is 4.79 Å². The first kappa shape index (κ1) is 15.6. The number of aldehydes is 1.